The number of Topliss-reactive ketones (excluding diaryl/α,β-unsaturated/α-hetero) is 2. The second-order valence-corrected chi connectivity index (χ2v) is 7.22. The van der Waals surface area contributed by atoms with Crippen molar-refractivity contribution in [1.82, 2.24) is 0 Å². The maximum absolute atomic E-state index is 13.4. The SMILES string of the molecule is CC(C)c1ccc(NC2(c3ccccc3)C(=O)c3ccccc3C2=O)cc1. The van der Waals surface area contributed by atoms with Crippen molar-refractivity contribution in [2.75, 3.05) is 5.32 Å². The molecule has 0 spiro atoms. The molecule has 0 unspecified atom stereocenters. The number of hydrogen-bond acceptors (Lipinski definition) is 3. The number of ketones is 2. The maximum atomic E-state index is 13.4. The molecule has 3 aromatic carbocycles. The van der Waals surface area contributed by atoms with Crippen molar-refractivity contribution in [3.8, 4) is 0 Å². The smallest absolute Gasteiger partial charge is 0.201 e. The van der Waals surface area contributed by atoms with Crippen LogP contribution in [0.1, 0.15) is 51.6 Å². The summed E-state index contributed by atoms with van der Waals surface area (Å²) in [6.07, 6.45) is 0. The van der Waals surface area contributed by atoms with E-state index in [1.54, 1.807) is 24.3 Å². The van der Waals surface area contributed by atoms with Gasteiger partial charge in [0.25, 0.3) is 0 Å². The second kappa shape index (κ2) is 6.51. The quantitative estimate of drug-likeness (QED) is 0.655. The van der Waals surface area contributed by atoms with Crippen LogP contribution in [0.15, 0.2) is 78.9 Å². The molecule has 0 radical (unpaired) electrons. The lowest BCUT2D eigenvalue weighted by atomic mass is 9.84. The average Bonchev–Trinajstić information content (AvgIpc) is 2.92. The fourth-order valence-electron chi connectivity index (χ4n) is 3.69. The van der Waals surface area contributed by atoms with Crippen molar-refractivity contribution in [2.45, 2.75) is 25.3 Å². The highest BCUT2D eigenvalue weighted by atomic mass is 16.2. The summed E-state index contributed by atoms with van der Waals surface area (Å²) in [5, 5.41) is 3.28. The van der Waals surface area contributed by atoms with Gasteiger partial charge in [-0.3, -0.25) is 9.59 Å². The molecular weight excluding hydrogens is 334 g/mol. The summed E-state index contributed by atoms with van der Waals surface area (Å²) in [5.41, 5.74) is 2.13. The van der Waals surface area contributed by atoms with E-state index in [2.05, 4.69) is 19.2 Å². The molecule has 0 atom stereocenters. The van der Waals surface area contributed by atoms with Crippen molar-refractivity contribution < 1.29 is 9.59 Å². The fraction of sp³-hybridized carbons (Fsp3) is 0.167. The Morgan fingerprint density at radius 2 is 1.22 bits per heavy atom. The van der Waals surface area contributed by atoms with Gasteiger partial charge in [-0.1, -0.05) is 80.6 Å². The number of rotatable bonds is 4. The summed E-state index contributed by atoms with van der Waals surface area (Å²) >= 11 is 0. The van der Waals surface area contributed by atoms with Crippen molar-refractivity contribution in [3.05, 3.63) is 101 Å². The molecular formula is C24H21NO2. The first kappa shape index (κ1) is 17.2. The van der Waals surface area contributed by atoms with Crippen LogP contribution in [-0.2, 0) is 5.54 Å². The molecule has 27 heavy (non-hydrogen) atoms. The molecule has 3 aromatic rings. The van der Waals surface area contributed by atoms with E-state index in [4.69, 9.17) is 0 Å². The van der Waals surface area contributed by atoms with Crippen LogP contribution in [0.5, 0.6) is 0 Å². The number of hydrogen-bond donors (Lipinski definition) is 1. The molecule has 0 fully saturated rings. The molecule has 0 aromatic heterocycles. The topological polar surface area (TPSA) is 46.2 Å². The minimum absolute atomic E-state index is 0.206. The molecule has 0 amide bonds. The van der Waals surface area contributed by atoms with Gasteiger partial charge in [0.2, 0.25) is 11.6 Å². The first-order valence-electron chi connectivity index (χ1n) is 9.16. The Hall–Kier alpha value is -3.20. The van der Waals surface area contributed by atoms with Gasteiger partial charge in [0.05, 0.1) is 0 Å². The van der Waals surface area contributed by atoms with Crippen molar-refractivity contribution >= 4 is 17.3 Å². The van der Waals surface area contributed by atoms with Crippen LogP contribution in [0.3, 0.4) is 0 Å². The zero-order valence-electron chi connectivity index (χ0n) is 15.4. The fourth-order valence-corrected chi connectivity index (χ4v) is 3.69. The Labute approximate surface area is 159 Å². The minimum Gasteiger partial charge on any atom is -0.363 e. The summed E-state index contributed by atoms with van der Waals surface area (Å²) < 4.78 is 0. The first-order valence-corrected chi connectivity index (χ1v) is 9.16. The number of fused-ring (bicyclic) bond motifs is 1. The van der Waals surface area contributed by atoms with Crippen molar-refractivity contribution in [3.63, 3.8) is 0 Å². The Morgan fingerprint density at radius 1 is 0.704 bits per heavy atom. The third kappa shape index (κ3) is 2.67. The normalized spacial score (nSPS) is 15.1. The lowest BCUT2D eigenvalue weighted by Crippen LogP contribution is -2.46. The predicted molar refractivity (Wildman–Crippen MR) is 107 cm³/mol. The standard InChI is InChI=1S/C24H21NO2/c1-16(2)17-12-14-19(15-13-17)25-24(18-8-4-3-5-9-18)22(26)20-10-6-7-11-21(20)23(24)27/h3-16,25H,1-2H3. The van der Waals surface area contributed by atoms with Gasteiger partial charge in [0.1, 0.15) is 0 Å². The molecule has 0 saturated heterocycles. The molecule has 3 heteroatoms. The summed E-state index contributed by atoms with van der Waals surface area (Å²) in [6.45, 7) is 4.27. The van der Waals surface area contributed by atoms with Crippen LogP contribution in [0, 0.1) is 0 Å². The Kier molecular flexibility index (Phi) is 4.15. The predicted octanol–water partition coefficient (Wildman–Crippen LogP) is 5.20. The summed E-state index contributed by atoms with van der Waals surface area (Å²) in [5.74, 6) is 0.00519. The van der Waals surface area contributed by atoms with Crippen LogP contribution in [-0.4, -0.2) is 11.6 Å². The van der Waals surface area contributed by atoms with Gasteiger partial charge in [-0.15, -0.1) is 0 Å². The number of benzene rings is 3. The van der Waals surface area contributed by atoms with Gasteiger partial charge in [-0.05, 0) is 29.2 Å². The molecule has 0 heterocycles. The zero-order valence-corrected chi connectivity index (χ0v) is 15.4. The summed E-state index contributed by atoms with van der Waals surface area (Å²) in [4.78, 5) is 26.9. The molecule has 0 bridgehead atoms. The van der Waals surface area contributed by atoms with Gasteiger partial charge in [0, 0.05) is 16.8 Å². The highest BCUT2D eigenvalue weighted by molar-refractivity contribution is 6.34. The number of carbonyl (C=O) groups is 2. The lowest BCUT2D eigenvalue weighted by molar-refractivity contribution is 0.0819. The van der Waals surface area contributed by atoms with E-state index in [0.29, 0.717) is 22.6 Å². The Balaban J connectivity index is 1.84. The largest absolute Gasteiger partial charge is 0.363 e. The van der Waals surface area contributed by atoms with Gasteiger partial charge < -0.3 is 5.32 Å². The van der Waals surface area contributed by atoms with Crippen LogP contribution < -0.4 is 5.32 Å². The number of nitrogens with one attached hydrogen (secondary N) is 1. The molecule has 134 valence electrons. The van der Waals surface area contributed by atoms with Crippen LogP contribution >= 0.6 is 0 Å². The van der Waals surface area contributed by atoms with Gasteiger partial charge >= 0.3 is 0 Å². The monoisotopic (exact) mass is 355 g/mol. The van der Waals surface area contributed by atoms with Crippen LogP contribution in [0.25, 0.3) is 0 Å². The van der Waals surface area contributed by atoms with Crippen LogP contribution in [0.2, 0.25) is 0 Å². The molecule has 4 rings (SSSR count). The zero-order chi connectivity index (χ0) is 19.0. The Morgan fingerprint density at radius 3 is 1.74 bits per heavy atom. The van der Waals surface area contributed by atoms with E-state index < -0.39 is 5.54 Å². The van der Waals surface area contributed by atoms with E-state index in [1.165, 1.54) is 5.56 Å². The first-order chi connectivity index (χ1) is 13.0. The molecule has 3 nitrogen and oxygen atoms in total. The van der Waals surface area contributed by atoms with E-state index >= 15 is 0 Å². The van der Waals surface area contributed by atoms with E-state index in [0.717, 1.165) is 5.69 Å². The average molecular weight is 355 g/mol. The highest BCUT2D eigenvalue weighted by Gasteiger charge is 2.54. The minimum atomic E-state index is -1.43. The lowest BCUT2D eigenvalue weighted by Gasteiger charge is -2.29. The molecule has 1 aliphatic rings. The van der Waals surface area contributed by atoms with Crippen molar-refractivity contribution in [1.29, 1.82) is 0 Å². The van der Waals surface area contributed by atoms with E-state index in [-0.39, 0.29) is 11.6 Å². The van der Waals surface area contributed by atoms with Crippen molar-refractivity contribution in [2.24, 2.45) is 0 Å². The van der Waals surface area contributed by atoms with E-state index in [1.807, 2.05) is 54.6 Å². The summed E-state index contributed by atoms with van der Waals surface area (Å²) in [6, 6.07) is 24.2. The highest BCUT2D eigenvalue weighted by Crippen LogP contribution is 2.40. The van der Waals surface area contributed by atoms with Gasteiger partial charge in [0.15, 0.2) is 5.54 Å². The number of carbonyl (C=O) groups excluding carboxylic acids is 2. The maximum Gasteiger partial charge on any atom is 0.201 e. The van der Waals surface area contributed by atoms with Crippen LogP contribution in [0.4, 0.5) is 5.69 Å². The third-order valence-electron chi connectivity index (χ3n) is 5.21. The van der Waals surface area contributed by atoms with E-state index in [9.17, 15) is 9.59 Å². The molecule has 0 saturated carbocycles. The molecule has 1 N–H and O–H groups in total. The van der Waals surface area contributed by atoms with Gasteiger partial charge in [-0.2, -0.15) is 0 Å². The van der Waals surface area contributed by atoms with Gasteiger partial charge in [-0.25, -0.2) is 0 Å². The molecule has 1 aliphatic carbocycles. The summed E-state index contributed by atoms with van der Waals surface area (Å²) in [7, 11) is 0. The second-order valence-electron chi connectivity index (χ2n) is 7.22. The third-order valence-corrected chi connectivity index (χ3v) is 5.21. The Bertz CT molecular complexity index is 969. The molecule has 0 aliphatic heterocycles. The number of anilines is 1.